The van der Waals surface area contributed by atoms with Crippen molar-refractivity contribution in [2.75, 3.05) is 13.2 Å². The average molecular weight is 206 g/mol. The molecule has 80 valence electrons. The summed E-state index contributed by atoms with van der Waals surface area (Å²) in [4.78, 5) is 0. The van der Waals surface area contributed by atoms with Crippen LogP contribution in [0.5, 0.6) is 11.5 Å². The number of hydrogen-bond donors (Lipinski definition) is 1. The third-order valence-corrected chi connectivity index (χ3v) is 3.23. The van der Waals surface area contributed by atoms with Crippen molar-refractivity contribution in [2.45, 2.75) is 18.9 Å². The van der Waals surface area contributed by atoms with E-state index >= 15 is 0 Å². The Hall–Kier alpha value is -1.22. The van der Waals surface area contributed by atoms with Gasteiger partial charge in [0.1, 0.15) is 17.6 Å². The molecule has 2 aliphatic rings. The second kappa shape index (κ2) is 3.14. The topological polar surface area (TPSA) is 38.7 Å². The number of benzene rings is 1. The molecule has 1 aromatic rings. The summed E-state index contributed by atoms with van der Waals surface area (Å²) in [6.45, 7) is 3.52. The number of rotatable bonds is 3. The fourth-order valence-electron chi connectivity index (χ4n) is 2.41. The lowest BCUT2D eigenvalue weighted by Gasteiger charge is -2.08. The Balaban J connectivity index is 1.78. The maximum atomic E-state index is 9.41. The molecule has 1 aliphatic heterocycles. The number of fused-ring (bicyclic) bond motifs is 3. The van der Waals surface area contributed by atoms with Crippen LogP contribution in [-0.4, -0.2) is 24.4 Å². The van der Waals surface area contributed by atoms with Crippen LogP contribution in [0.3, 0.4) is 0 Å². The van der Waals surface area contributed by atoms with Crippen molar-refractivity contribution >= 4 is 0 Å². The Labute approximate surface area is 88.6 Å². The Morgan fingerprint density at radius 1 is 1.47 bits per heavy atom. The first-order valence-corrected chi connectivity index (χ1v) is 5.38. The smallest absolute Gasteiger partial charge is 0.123 e. The van der Waals surface area contributed by atoms with Gasteiger partial charge < -0.3 is 14.6 Å². The highest BCUT2D eigenvalue weighted by atomic mass is 16.5. The highest BCUT2D eigenvalue weighted by Gasteiger charge is 2.58. The van der Waals surface area contributed by atoms with Crippen LogP contribution in [0.1, 0.15) is 18.4 Å². The molecule has 15 heavy (non-hydrogen) atoms. The van der Waals surface area contributed by atoms with Gasteiger partial charge in [0.15, 0.2) is 0 Å². The molecule has 3 heteroatoms. The molecule has 0 bridgehead atoms. The fourth-order valence-corrected chi connectivity index (χ4v) is 2.41. The van der Waals surface area contributed by atoms with Crippen molar-refractivity contribution < 1.29 is 14.6 Å². The van der Waals surface area contributed by atoms with Gasteiger partial charge in [0.05, 0.1) is 6.61 Å². The first-order valence-electron chi connectivity index (χ1n) is 5.38. The third-order valence-electron chi connectivity index (χ3n) is 3.23. The summed E-state index contributed by atoms with van der Waals surface area (Å²) in [5.74, 6) is 2.17. The first kappa shape index (κ1) is 9.04. The van der Waals surface area contributed by atoms with Gasteiger partial charge in [-0.15, -0.1) is 0 Å². The summed E-state index contributed by atoms with van der Waals surface area (Å²) in [7, 11) is 0. The van der Waals surface area contributed by atoms with Gasteiger partial charge in [-0.05, 0) is 25.1 Å². The van der Waals surface area contributed by atoms with Crippen LogP contribution >= 0.6 is 0 Å². The largest absolute Gasteiger partial charge is 0.508 e. The zero-order valence-corrected chi connectivity index (χ0v) is 8.64. The van der Waals surface area contributed by atoms with E-state index in [2.05, 4.69) is 0 Å². The van der Waals surface area contributed by atoms with Gasteiger partial charge in [0, 0.05) is 24.0 Å². The number of aromatic hydroxyl groups is 1. The second-order valence-corrected chi connectivity index (χ2v) is 4.15. The molecule has 1 aliphatic carbocycles. The van der Waals surface area contributed by atoms with E-state index in [-0.39, 0.29) is 6.10 Å². The van der Waals surface area contributed by atoms with Crippen LogP contribution in [0.4, 0.5) is 0 Å². The predicted molar refractivity (Wildman–Crippen MR) is 55.2 cm³/mol. The lowest BCUT2D eigenvalue weighted by molar-refractivity contribution is 0.122. The average Bonchev–Trinajstić information content (AvgIpc) is 2.78. The molecule has 1 heterocycles. The predicted octanol–water partition coefficient (Wildman–Crippen LogP) is 1.90. The Kier molecular flexibility index (Phi) is 1.89. The Bertz CT molecular complexity index is 388. The molecule has 1 fully saturated rings. The number of phenols is 1. The van der Waals surface area contributed by atoms with E-state index in [1.54, 1.807) is 6.07 Å². The molecule has 3 nitrogen and oxygen atoms in total. The highest BCUT2D eigenvalue weighted by molar-refractivity contribution is 5.50. The van der Waals surface area contributed by atoms with Crippen LogP contribution in [0.2, 0.25) is 0 Å². The number of ether oxygens (including phenoxy) is 2. The zero-order valence-electron chi connectivity index (χ0n) is 8.64. The molecular formula is C12H14O3. The quantitative estimate of drug-likeness (QED) is 0.821. The SMILES string of the molecule is CCOCC1C2Oc3ccc(O)cc3C12. The maximum absolute atomic E-state index is 9.41. The van der Waals surface area contributed by atoms with E-state index in [4.69, 9.17) is 9.47 Å². The molecule has 0 saturated heterocycles. The summed E-state index contributed by atoms with van der Waals surface area (Å²) in [5.41, 5.74) is 1.14. The van der Waals surface area contributed by atoms with Gasteiger partial charge >= 0.3 is 0 Å². The molecule has 0 amide bonds. The van der Waals surface area contributed by atoms with Crippen molar-refractivity contribution in [3.8, 4) is 11.5 Å². The van der Waals surface area contributed by atoms with Gasteiger partial charge in [-0.2, -0.15) is 0 Å². The van der Waals surface area contributed by atoms with Crippen LogP contribution in [0, 0.1) is 5.92 Å². The molecular weight excluding hydrogens is 192 g/mol. The van der Waals surface area contributed by atoms with Gasteiger partial charge in [0.2, 0.25) is 0 Å². The molecule has 0 aromatic heterocycles. The van der Waals surface area contributed by atoms with E-state index in [1.807, 2.05) is 19.1 Å². The van der Waals surface area contributed by atoms with Crippen molar-refractivity contribution in [3.63, 3.8) is 0 Å². The van der Waals surface area contributed by atoms with Crippen LogP contribution < -0.4 is 4.74 Å². The summed E-state index contributed by atoms with van der Waals surface area (Å²) in [6, 6.07) is 5.32. The second-order valence-electron chi connectivity index (χ2n) is 4.15. The minimum atomic E-state index is 0.286. The molecule has 0 radical (unpaired) electrons. The number of phenolic OH excluding ortho intramolecular Hbond substituents is 1. The summed E-state index contributed by atoms with van der Waals surface area (Å²) in [6.07, 6.45) is 0.286. The molecule has 3 atom stereocenters. The van der Waals surface area contributed by atoms with Crippen LogP contribution in [0.15, 0.2) is 18.2 Å². The summed E-state index contributed by atoms with van der Waals surface area (Å²) >= 11 is 0. The highest BCUT2D eigenvalue weighted by Crippen LogP contribution is 2.58. The molecule has 1 aromatic carbocycles. The molecule has 1 saturated carbocycles. The minimum Gasteiger partial charge on any atom is -0.508 e. The van der Waals surface area contributed by atoms with E-state index in [0.717, 1.165) is 24.5 Å². The lowest BCUT2D eigenvalue weighted by Crippen LogP contribution is -2.05. The molecule has 3 unspecified atom stereocenters. The van der Waals surface area contributed by atoms with E-state index < -0.39 is 0 Å². The van der Waals surface area contributed by atoms with Crippen molar-refractivity contribution in [3.05, 3.63) is 23.8 Å². The van der Waals surface area contributed by atoms with Crippen LogP contribution in [0.25, 0.3) is 0 Å². The van der Waals surface area contributed by atoms with E-state index in [9.17, 15) is 5.11 Å². The van der Waals surface area contributed by atoms with Gasteiger partial charge in [0.25, 0.3) is 0 Å². The molecule has 1 N–H and O–H groups in total. The fraction of sp³-hybridized carbons (Fsp3) is 0.500. The maximum Gasteiger partial charge on any atom is 0.123 e. The normalized spacial score (nSPS) is 30.6. The molecule has 0 spiro atoms. The summed E-state index contributed by atoms with van der Waals surface area (Å²) in [5, 5.41) is 9.41. The molecule has 3 rings (SSSR count). The third kappa shape index (κ3) is 1.30. The van der Waals surface area contributed by atoms with E-state index in [0.29, 0.717) is 17.6 Å². The Morgan fingerprint density at radius 3 is 3.13 bits per heavy atom. The zero-order chi connectivity index (χ0) is 10.4. The number of hydrogen-bond acceptors (Lipinski definition) is 3. The first-order chi connectivity index (χ1) is 7.31. The van der Waals surface area contributed by atoms with Crippen LogP contribution in [-0.2, 0) is 4.74 Å². The minimum absolute atomic E-state index is 0.286. The Morgan fingerprint density at radius 2 is 2.33 bits per heavy atom. The lowest BCUT2D eigenvalue weighted by atomic mass is 10.1. The summed E-state index contributed by atoms with van der Waals surface area (Å²) < 4.78 is 11.2. The van der Waals surface area contributed by atoms with Gasteiger partial charge in [-0.1, -0.05) is 0 Å². The van der Waals surface area contributed by atoms with Crippen molar-refractivity contribution in [2.24, 2.45) is 5.92 Å². The monoisotopic (exact) mass is 206 g/mol. The van der Waals surface area contributed by atoms with Gasteiger partial charge in [-0.25, -0.2) is 0 Å². The van der Waals surface area contributed by atoms with E-state index in [1.165, 1.54) is 0 Å². The van der Waals surface area contributed by atoms with Crippen molar-refractivity contribution in [1.82, 2.24) is 0 Å². The van der Waals surface area contributed by atoms with Crippen molar-refractivity contribution in [1.29, 1.82) is 0 Å². The standard InChI is InChI=1S/C12H14O3/c1-2-14-6-9-11-8-5-7(13)3-4-10(8)15-12(9)11/h3-5,9,11-13H,2,6H2,1H3. The van der Waals surface area contributed by atoms with Gasteiger partial charge in [-0.3, -0.25) is 0 Å².